The van der Waals surface area contributed by atoms with Gasteiger partial charge in [0.25, 0.3) is 0 Å². The van der Waals surface area contributed by atoms with Crippen LogP contribution in [0.3, 0.4) is 0 Å². The van der Waals surface area contributed by atoms with E-state index in [0.717, 1.165) is 11.1 Å². The Balaban J connectivity index is 2.19. The molecule has 0 aromatic heterocycles. The zero-order valence-corrected chi connectivity index (χ0v) is 31.6. The van der Waals surface area contributed by atoms with E-state index in [1.807, 2.05) is 37.4 Å². The highest BCUT2D eigenvalue weighted by molar-refractivity contribution is 8.13. The number of carbonyl (C=O) groups excluding carboxylic acids is 6. The monoisotopic (exact) mass is 746 g/mol. The van der Waals surface area contributed by atoms with Crippen LogP contribution in [-0.4, -0.2) is 84.1 Å². The van der Waals surface area contributed by atoms with Gasteiger partial charge in [0, 0.05) is 5.75 Å². The van der Waals surface area contributed by atoms with Crippen molar-refractivity contribution in [3.05, 3.63) is 71.8 Å². The van der Waals surface area contributed by atoms with Gasteiger partial charge in [-0.3, -0.25) is 14.4 Å². The van der Waals surface area contributed by atoms with Crippen LogP contribution in [0.1, 0.15) is 51.7 Å². The van der Waals surface area contributed by atoms with Crippen LogP contribution >= 0.6 is 23.5 Å². The number of methoxy groups -OCH3 is 1. The quantitative estimate of drug-likeness (QED) is 0.111. The Morgan fingerprint density at radius 3 is 1.78 bits per heavy atom. The Bertz CT molecular complexity index is 1420. The Hall–Kier alpha value is -4.24. The molecule has 13 nitrogen and oxygen atoms in total. The molecule has 0 aliphatic rings. The normalized spacial score (nSPS) is 13.8. The van der Waals surface area contributed by atoms with Gasteiger partial charge in [-0.15, -0.1) is 0 Å². The number of rotatable bonds is 20. The van der Waals surface area contributed by atoms with Crippen LogP contribution in [-0.2, 0) is 46.6 Å². The number of alkyl carbamates (subject to hydrolysis) is 1. The second-order valence-corrected chi connectivity index (χ2v) is 14.0. The van der Waals surface area contributed by atoms with Crippen LogP contribution in [0.4, 0.5) is 9.59 Å². The molecular weight excluding hydrogens is 697 g/mol. The number of benzene rings is 2. The zero-order chi connectivity index (χ0) is 37.8. The molecule has 15 heteroatoms. The highest BCUT2D eigenvalue weighted by Gasteiger charge is 2.35. The van der Waals surface area contributed by atoms with Crippen LogP contribution < -0.4 is 21.3 Å². The summed E-state index contributed by atoms with van der Waals surface area (Å²) in [4.78, 5) is 78.5. The van der Waals surface area contributed by atoms with E-state index in [4.69, 9.17) is 14.2 Å². The number of amides is 4. The third kappa shape index (κ3) is 15.7. The van der Waals surface area contributed by atoms with Crippen molar-refractivity contribution in [3.8, 4) is 0 Å². The lowest BCUT2D eigenvalue weighted by Gasteiger charge is -2.30. The third-order valence-electron chi connectivity index (χ3n) is 7.84. The second-order valence-electron chi connectivity index (χ2n) is 12.1. The van der Waals surface area contributed by atoms with Crippen LogP contribution in [0, 0.1) is 11.8 Å². The molecule has 280 valence electrons. The van der Waals surface area contributed by atoms with E-state index < -0.39 is 65.2 Å². The first-order valence-electron chi connectivity index (χ1n) is 16.7. The number of hydrogen-bond donors (Lipinski definition) is 4. The molecule has 0 heterocycles. The minimum Gasteiger partial charge on any atom is -0.467 e. The SMILES string of the molecule is CC[C@@H](C)[C@H](NC(=O)[C@@H](NC(=O)[C@H](CSC(=O)OCc1ccccc1)NC(=O)OCc1ccccc1)C(C)C)C(=O)N[C@@H](CCSC)C(=O)OC. The Labute approximate surface area is 308 Å². The first-order chi connectivity index (χ1) is 24.4. The molecule has 0 unspecified atom stereocenters. The lowest BCUT2D eigenvalue weighted by Crippen LogP contribution is -2.60. The molecule has 0 fully saturated rings. The molecule has 0 aliphatic carbocycles. The zero-order valence-electron chi connectivity index (χ0n) is 30.0. The van der Waals surface area contributed by atoms with Crippen molar-refractivity contribution in [2.45, 2.75) is 77.9 Å². The van der Waals surface area contributed by atoms with Gasteiger partial charge < -0.3 is 35.5 Å². The molecule has 4 amide bonds. The van der Waals surface area contributed by atoms with E-state index >= 15 is 0 Å². The molecule has 0 saturated heterocycles. The lowest BCUT2D eigenvalue weighted by molar-refractivity contribution is -0.145. The highest BCUT2D eigenvalue weighted by atomic mass is 32.2. The number of thioether (sulfide) groups is 2. The average molecular weight is 747 g/mol. The molecule has 2 aromatic rings. The summed E-state index contributed by atoms with van der Waals surface area (Å²) in [5.74, 6) is -2.96. The van der Waals surface area contributed by atoms with Gasteiger partial charge >= 0.3 is 17.4 Å². The third-order valence-corrected chi connectivity index (χ3v) is 9.34. The van der Waals surface area contributed by atoms with Crippen LogP contribution in [0.5, 0.6) is 0 Å². The number of nitrogens with one attached hydrogen (secondary N) is 4. The summed E-state index contributed by atoms with van der Waals surface area (Å²) in [6.07, 6.45) is 1.84. The number of hydrogen-bond acceptors (Lipinski definition) is 11. The predicted molar refractivity (Wildman–Crippen MR) is 198 cm³/mol. The number of ether oxygens (including phenoxy) is 3. The first kappa shape index (κ1) is 42.9. The van der Waals surface area contributed by atoms with Gasteiger partial charge in [-0.1, -0.05) is 94.8 Å². The number of esters is 1. The summed E-state index contributed by atoms with van der Waals surface area (Å²) in [5.41, 5.74) is 1.51. The molecule has 2 rings (SSSR count). The summed E-state index contributed by atoms with van der Waals surface area (Å²) in [5, 5.41) is 9.97. The van der Waals surface area contributed by atoms with E-state index in [9.17, 15) is 28.8 Å². The minimum absolute atomic E-state index is 0.0224. The summed E-state index contributed by atoms with van der Waals surface area (Å²) in [6.45, 7) is 7.04. The fraction of sp³-hybridized carbons (Fsp3) is 0.500. The fourth-order valence-electron chi connectivity index (χ4n) is 4.62. The molecule has 0 spiro atoms. The number of carbonyl (C=O) groups is 6. The molecule has 4 N–H and O–H groups in total. The van der Waals surface area contributed by atoms with Crippen LogP contribution in [0.15, 0.2) is 60.7 Å². The van der Waals surface area contributed by atoms with Gasteiger partial charge in [0.05, 0.1) is 7.11 Å². The Morgan fingerprint density at radius 1 is 0.706 bits per heavy atom. The molecule has 0 aliphatic heterocycles. The summed E-state index contributed by atoms with van der Waals surface area (Å²) in [6, 6.07) is 13.6. The summed E-state index contributed by atoms with van der Waals surface area (Å²) >= 11 is 2.20. The van der Waals surface area contributed by atoms with Crippen molar-refractivity contribution in [1.82, 2.24) is 21.3 Å². The van der Waals surface area contributed by atoms with E-state index in [2.05, 4.69) is 21.3 Å². The molecule has 0 bridgehead atoms. The van der Waals surface area contributed by atoms with E-state index in [-0.39, 0.29) is 24.9 Å². The van der Waals surface area contributed by atoms with E-state index in [0.29, 0.717) is 30.4 Å². The maximum atomic E-state index is 13.7. The van der Waals surface area contributed by atoms with Crippen LogP contribution in [0.25, 0.3) is 0 Å². The maximum absolute atomic E-state index is 13.7. The first-order valence-corrected chi connectivity index (χ1v) is 19.1. The molecule has 2 aromatic carbocycles. The van der Waals surface area contributed by atoms with Crippen LogP contribution in [0.2, 0.25) is 0 Å². The van der Waals surface area contributed by atoms with Gasteiger partial charge in [0.1, 0.15) is 37.4 Å². The predicted octanol–water partition coefficient (Wildman–Crippen LogP) is 4.43. The highest BCUT2D eigenvalue weighted by Crippen LogP contribution is 2.14. The topological polar surface area (TPSA) is 178 Å². The smallest absolute Gasteiger partial charge is 0.408 e. The fourth-order valence-corrected chi connectivity index (χ4v) is 5.77. The minimum atomic E-state index is -1.30. The molecule has 0 saturated carbocycles. The average Bonchev–Trinajstić information content (AvgIpc) is 3.14. The van der Waals surface area contributed by atoms with Gasteiger partial charge in [-0.25, -0.2) is 14.4 Å². The molecule has 0 radical (unpaired) electrons. The van der Waals surface area contributed by atoms with E-state index in [1.165, 1.54) is 18.9 Å². The second kappa shape index (κ2) is 23.3. The van der Waals surface area contributed by atoms with Gasteiger partial charge in [-0.05, 0) is 53.2 Å². The van der Waals surface area contributed by atoms with Crippen molar-refractivity contribution in [3.63, 3.8) is 0 Å². The van der Waals surface area contributed by atoms with Crippen molar-refractivity contribution < 1.29 is 43.0 Å². The molecule has 51 heavy (non-hydrogen) atoms. The van der Waals surface area contributed by atoms with Crippen molar-refractivity contribution in [1.29, 1.82) is 0 Å². The maximum Gasteiger partial charge on any atom is 0.408 e. The van der Waals surface area contributed by atoms with Crippen molar-refractivity contribution in [2.24, 2.45) is 11.8 Å². The van der Waals surface area contributed by atoms with E-state index in [1.54, 1.807) is 57.2 Å². The van der Waals surface area contributed by atoms with Crippen molar-refractivity contribution >= 4 is 58.6 Å². The van der Waals surface area contributed by atoms with Crippen molar-refractivity contribution in [2.75, 3.05) is 24.9 Å². The summed E-state index contributed by atoms with van der Waals surface area (Å²) in [7, 11) is 1.24. The molecular formula is C36H50N4O9S2. The van der Waals surface area contributed by atoms with Gasteiger partial charge in [-0.2, -0.15) is 11.8 Å². The largest absolute Gasteiger partial charge is 0.467 e. The Kier molecular flexibility index (Phi) is 19.6. The Morgan fingerprint density at radius 2 is 1.25 bits per heavy atom. The standard InChI is InChI=1S/C36H50N4O9S2/c1-7-24(4)30(33(43)37-27(18-19-50-6)34(44)47-5)40-32(42)29(23(2)3)39-31(41)28(38-35(45)48-20-25-14-10-8-11-15-25)22-51-36(46)49-21-26-16-12-9-13-17-26/h8-17,23-24,27-30H,7,18-22H2,1-6H3,(H,37,43)(H,38,45)(H,39,41)(H,40,42)/t24-,27+,28+,29+,30+/m1/s1. The molecule has 5 atom stereocenters. The lowest BCUT2D eigenvalue weighted by atomic mass is 9.96. The van der Waals surface area contributed by atoms with Gasteiger partial charge in [0.15, 0.2) is 0 Å². The summed E-state index contributed by atoms with van der Waals surface area (Å²) < 4.78 is 15.5. The van der Waals surface area contributed by atoms with Gasteiger partial charge in [0.2, 0.25) is 17.7 Å².